The lowest BCUT2D eigenvalue weighted by Crippen LogP contribution is -2.18. The topological polar surface area (TPSA) is 58.5 Å². The van der Waals surface area contributed by atoms with Crippen LogP contribution in [0.15, 0.2) is 58.5 Å². The van der Waals surface area contributed by atoms with Crippen LogP contribution in [-0.2, 0) is 10.0 Å². The summed E-state index contributed by atoms with van der Waals surface area (Å²) >= 11 is 2.20. The molecular weight excluding hydrogens is 387 g/mol. The number of nitrogens with zero attached hydrogens (tertiary/aromatic N) is 1. The maximum Gasteiger partial charge on any atom is 0.276 e. The van der Waals surface area contributed by atoms with Crippen molar-refractivity contribution in [3.63, 3.8) is 0 Å². The second-order valence-electron chi connectivity index (χ2n) is 4.22. The highest BCUT2D eigenvalue weighted by Crippen LogP contribution is 2.09. The zero-order valence-corrected chi connectivity index (χ0v) is 13.7. The molecule has 104 valence electrons. The lowest BCUT2D eigenvalue weighted by molar-refractivity contribution is 0.584. The smallest absolute Gasteiger partial charge is 0.200 e. The Morgan fingerprint density at radius 2 is 1.65 bits per heavy atom. The summed E-state index contributed by atoms with van der Waals surface area (Å²) in [6, 6.07) is 14.2. The molecule has 0 heterocycles. The van der Waals surface area contributed by atoms with Crippen LogP contribution in [-0.4, -0.2) is 14.6 Å². The number of aryl methyl sites for hydroxylation is 1. The van der Waals surface area contributed by atoms with Crippen LogP contribution in [0.4, 0.5) is 0 Å². The number of benzene rings is 2. The van der Waals surface area contributed by atoms with Gasteiger partial charge in [0.05, 0.1) is 11.1 Å². The molecule has 0 radical (unpaired) electrons. The van der Waals surface area contributed by atoms with E-state index >= 15 is 0 Å². The van der Waals surface area contributed by atoms with Gasteiger partial charge in [0.15, 0.2) is 0 Å². The average Bonchev–Trinajstić information content (AvgIpc) is 2.41. The van der Waals surface area contributed by atoms with Crippen LogP contribution >= 0.6 is 22.6 Å². The molecule has 20 heavy (non-hydrogen) atoms. The van der Waals surface area contributed by atoms with Gasteiger partial charge >= 0.3 is 0 Å². The maximum atomic E-state index is 12.0. The molecule has 1 N–H and O–H groups in total. The Kier molecular flexibility index (Phi) is 4.77. The Morgan fingerprint density at radius 1 is 1.05 bits per heavy atom. The van der Waals surface area contributed by atoms with Crippen molar-refractivity contribution in [2.75, 3.05) is 0 Å². The molecule has 0 aliphatic carbocycles. The first kappa shape index (κ1) is 15.0. The lowest BCUT2D eigenvalue weighted by atomic mass is 10.2. The molecular formula is C14H13IN2O2S. The fourth-order valence-electron chi connectivity index (χ4n) is 1.49. The van der Waals surface area contributed by atoms with Gasteiger partial charge in [-0.05, 0) is 59.3 Å². The number of hydrogen-bond acceptors (Lipinski definition) is 3. The van der Waals surface area contributed by atoms with E-state index in [2.05, 4.69) is 32.5 Å². The first-order valence-corrected chi connectivity index (χ1v) is 8.41. The van der Waals surface area contributed by atoms with Gasteiger partial charge in [0.25, 0.3) is 10.0 Å². The molecule has 0 aromatic heterocycles. The van der Waals surface area contributed by atoms with Crippen molar-refractivity contribution in [3.05, 3.63) is 63.2 Å². The third-order valence-electron chi connectivity index (χ3n) is 2.59. The minimum absolute atomic E-state index is 0.197. The number of hydrogen-bond donors (Lipinski definition) is 1. The van der Waals surface area contributed by atoms with E-state index in [-0.39, 0.29) is 4.90 Å². The highest BCUT2D eigenvalue weighted by Gasteiger charge is 2.11. The summed E-state index contributed by atoms with van der Waals surface area (Å²) in [5.41, 5.74) is 1.84. The van der Waals surface area contributed by atoms with Crippen molar-refractivity contribution in [1.29, 1.82) is 0 Å². The molecule has 0 spiro atoms. The van der Waals surface area contributed by atoms with E-state index < -0.39 is 10.0 Å². The summed E-state index contributed by atoms with van der Waals surface area (Å²) in [4.78, 5) is 2.39. The summed E-state index contributed by atoms with van der Waals surface area (Å²) < 4.78 is 25.0. The third kappa shape index (κ3) is 4.04. The van der Waals surface area contributed by atoms with E-state index in [1.807, 2.05) is 31.2 Å². The number of hydrazone groups is 1. The monoisotopic (exact) mass is 400 g/mol. The Bertz CT molecular complexity index is 708. The van der Waals surface area contributed by atoms with Gasteiger partial charge in [0, 0.05) is 3.57 Å². The number of halogens is 1. The van der Waals surface area contributed by atoms with Gasteiger partial charge in [0.2, 0.25) is 0 Å². The minimum Gasteiger partial charge on any atom is -0.200 e. The van der Waals surface area contributed by atoms with Gasteiger partial charge in [-0.2, -0.15) is 13.5 Å². The van der Waals surface area contributed by atoms with Gasteiger partial charge < -0.3 is 0 Å². The minimum atomic E-state index is -3.60. The summed E-state index contributed by atoms with van der Waals surface area (Å²) in [6.45, 7) is 1.90. The zero-order valence-electron chi connectivity index (χ0n) is 10.7. The number of sulfonamides is 1. The molecule has 0 amide bonds. The summed E-state index contributed by atoms with van der Waals surface area (Å²) in [5, 5.41) is 3.78. The van der Waals surface area contributed by atoms with Crippen molar-refractivity contribution in [2.45, 2.75) is 11.8 Å². The van der Waals surface area contributed by atoms with E-state index in [1.165, 1.54) is 6.21 Å². The van der Waals surface area contributed by atoms with Gasteiger partial charge in [0.1, 0.15) is 0 Å². The molecule has 0 bridgehead atoms. The molecule has 0 saturated heterocycles. The fraction of sp³-hybridized carbons (Fsp3) is 0.0714. The quantitative estimate of drug-likeness (QED) is 0.488. The molecule has 0 saturated carbocycles. The summed E-state index contributed by atoms with van der Waals surface area (Å²) in [5.74, 6) is 0. The Morgan fingerprint density at radius 3 is 2.25 bits per heavy atom. The van der Waals surface area contributed by atoms with Gasteiger partial charge in [-0.15, -0.1) is 0 Å². The van der Waals surface area contributed by atoms with Crippen LogP contribution in [0.5, 0.6) is 0 Å². The number of rotatable bonds is 4. The third-order valence-corrected chi connectivity index (χ3v) is 4.55. The lowest BCUT2D eigenvalue weighted by Gasteiger charge is -2.03. The molecule has 0 fully saturated rings. The first-order valence-electron chi connectivity index (χ1n) is 5.84. The fourth-order valence-corrected chi connectivity index (χ4v) is 2.64. The predicted octanol–water partition coefficient (Wildman–Crippen LogP) is 2.91. The Balaban J connectivity index is 2.09. The summed E-state index contributed by atoms with van der Waals surface area (Å²) in [7, 11) is -3.60. The molecule has 0 aliphatic heterocycles. The highest BCUT2D eigenvalue weighted by molar-refractivity contribution is 14.1. The van der Waals surface area contributed by atoms with Crippen molar-refractivity contribution in [1.82, 2.24) is 4.83 Å². The van der Waals surface area contributed by atoms with Crippen molar-refractivity contribution < 1.29 is 8.42 Å². The SMILES string of the molecule is Cc1ccc(S(=O)(=O)N/N=C/c2ccc(I)cc2)cc1. The molecule has 2 rings (SSSR count). The average molecular weight is 400 g/mol. The van der Waals surface area contributed by atoms with Crippen LogP contribution in [0.25, 0.3) is 0 Å². The summed E-state index contributed by atoms with van der Waals surface area (Å²) in [6.07, 6.45) is 1.47. The largest absolute Gasteiger partial charge is 0.276 e. The van der Waals surface area contributed by atoms with Gasteiger partial charge in [-0.25, -0.2) is 4.83 Å². The van der Waals surface area contributed by atoms with E-state index in [1.54, 1.807) is 24.3 Å². The molecule has 2 aromatic rings. The van der Waals surface area contributed by atoms with Crippen LogP contribution in [0.3, 0.4) is 0 Å². The van der Waals surface area contributed by atoms with Gasteiger partial charge in [-0.3, -0.25) is 0 Å². The molecule has 6 heteroatoms. The highest BCUT2D eigenvalue weighted by atomic mass is 127. The first-order chi connectivity index (χ1) is 9.47. The second-order valence-corrected chi connectivity index (χ2v) is 7.12. The molecule has 0 atom stereocenters. The zero-order chi connectivity index (χ0) is 14.6. The number of nitrogens with one attached hydrogen (secondary N) is 1. The van der Waals surface area contributed by atoms with Gasteiger partial charge in [-0.1, -0.05) is 29.8 Å². The van der Waals surface area contributed by atoms with Crippen molar-refractivity contribution >= 4 is 38.8 Å². The second kappa shape index (κ2) is 6.36. The van der Waals surface area contributed by atoms with Crippen molar-refractivity contribution in [3.8, 4) is 0 Å². The van der Waals surface area contributed by atoms with Crippen LogP contribution < -0.4 is 4.83 Å². The van der Waals surface area contributed by atoms with E-state index in [9.17, 15) is 8.42 Å². The predicted molar refractivity (Wildman–Crippen MR) is 88.3 cm³/mol. The molecule has 4 nitrogen and oxygen atoms in total. The van der Waals surface area contributed by atoms with E-state index in [0.717, 1.165) is 14.7 Å². The Hall–Kier alpha value is -1.41. The maximum absolute atomic E-state index is 12.0. The molecule has 2 aromatic carbocycles. The van der Waals surface area contributed by atoms with Crippen LogP contribution in [0.2, 0.25) is 0 Å². The molecule has 0 unspecified atom stereocenters. The Labute approximate surface area is 132 Å². The van der Waals surface area contributed by atoms with Crippen LogP contribution in [0, 0.1) is 10.5 Å². The molecule has 0 aliphatic rings. The van der Waals surface area contributed by atoms with E-state index in [4.69, 9.17) is 0 Å². The standard InChI is InChI=1S/C14H13IN2O2S/c1-11-2-8-14(9-3-11)20(18,19)17-16-10-12-4-6-13(15)7-5-12/h2-10,17H,1H3/b16-10+. The van der Waals surface area contributed by atoms with E-state index in [0.29, 0.717) is 0 Å². The van der Waals surface area contributed by atoms with Crippen molar-refractivity contribution in [2.24, 2.45) is 5.10 Å². The normalized spacial score (nSPS) is 11.7. The van der Waals surface area contributed by atoms with Crippen LogP contribution in [0.1, 0.15) is 11.1 Å².